The highest BCUT2D eigenvalue weighted by Gasteiger charge is 1.99. The Morgan fingerprint density at radius 2 is 1.60 bits per heavy atom. The molecule has 1 rings (SSSR count). The van der Waals surface area contributed by atoms with Crippen LogP contribution in [0, 0.1) is 0 Å². The third-order valence-electron chi connectivity index (χ3n) is 3.19. The molecule has 0 radical (unpaired) electrons. The van der Waals surface area contributed by atoms with Crippen molar-refractivity contribution < 1.29 is 0 Å². The lowest BCUT2D eigenvalue weighted by atomic mass is 10.1. The molecule has 0 saturated carbocycles. The van der Waals surface area contributed by atoms with E-state index in [1.807, 2.05) is 73.7 Å². The molecule has 0 bridgehead atoms. The Kier molecular flexibility index (Phi) is 8.39. The fourth-order valence-electron chi connectivity index (χ4n) is 1.90. The van der Waals surface area contributed by atoms with Crippen LogP contribution >= 0.6 is 0 Å². The molecule has 0 aliphatic heterocycles. The Balaban J connectivity index is 3.65. The predicted octanol–water partition coefficient (Wildman–Crippen LogP) is 4.81. The van der Waals surface area contributed by atoms with Gasteiger partial charge in [0.2, 0.25) is 0 Å². The van der Waals surface area contributed by atoms with Crippen molar-refractivity contribution >= 4 is 18.9 Å². The van der Waals surface area contributed by atoms with Gasteiger partial charge in [0.1, 0.15) is 0 Å². The minimum Gasteiger partial charge on any atom is -0.249 e. The summed E-state index contributed by atoms with van der Waals surface area (Å²) in [6.45, 7) is 21.6. The molecule has 0 aromatic heterocycles. The largest absolute Gasteiger partial charge is 0.249 e. The number of hydrogen-bond acceptors (Lipinski definition) is 1. The number of rotatable bonds is 6. The molecule has 1 heteroatoms. The second-order valence-electron chi connectivity index (χ2n) is 5.40. The zero-order valence-electron chi connectivity index (χ0n) is 14.9. The van der Waals surface area contributed by atoms with E-state index in [9.17, 15) is 0 Å². The Labute approximate surface area is 151 Å². The highest BCUT2D eigenvalue weighted by Crippen LogP contribution is 2.06. The first kappa shape index (κ1) is 19.9. The standard InChI is InChI=1S/C24H25N/c1-7-11-22(6)25-24(17-15-19(3)8-2)23-16-14-20(4)12-9-10-13-21(5)18-23/h7-18H,2-6H2,1H3/b11-7-,12-9?,13-10?,16-14?,17-15-,23-18?,25-24+. The molecule has 0 N–H and O–H groups in total. The zero-order valence-corrected chi connectivity index (χ0v) is 14.9. The second-order valence-corrected chi connectivity index (χ2v) is 5.40. The summed E-state index contributed by atoms with van der Waals surface area (Å²) in [5.74, 6) is 0. The lowest BCUT2D eigenvalue weighted by molar-refractivity contribution is 1.41. The van der Waals surface area contributed by atoms with Crippen molar-refractivity contribution in [2.45, 2.75) is 6.92 Å². The number of hydrogen-bond donors (Lipinski definition) is 0. The summed E-state index contributed by atoms with van der Waals surface area (Å²) >= 11 is 0. The highest BCUT2D eigenvalue weighted by molar-refractivity contribution is 6.09. The van der Waals surface area contributed by atoms with E-state index in [1.165, 1.54) is 0 Å². The Morgan fingerprint density at radius 3 is 2.24 bits per heavy atom. The van der Waals surface area contributed by atoms with E-state index < -0.39 is 0 Å². The van der Waals surface area contributed by atoms with Gasteiger partial charge in [-0.15, -0.1) is 0 Å². The van der Waals surface area contributed by atoms with Crippen molar-refractivity contribution in [1.82, 2.24) is 0 Å². The summed E-state index contributed by atoms with van der Waals surface area (Å²) in [4.78, 5) is 4.62. The normalized spacial score (nSPS) is 11.3. The van der Waals surface area contributed by atoms with Crippen LogP contribution < -0.4 is 10.4 Å². The molecule has 0 fully saturated rings. The lowest BCUT2D eigenvalue weighted by Crippen LogP contribution is -2.03. The van der Waals surface area contributed by atoms with Crippen molar-refractivity contribution in [3.8, 4) is 0 Å². The summed E-state index contributed by atoms with van der Waals surface area (Å²) in [5, 5.41) is 1.77. The summed E-state index contributed by atoms with van der Waals surface area (Å²) in [5.41, 5.74) is 3.14. The van der Waals surface area contributed by atoms with Crippen molar-refractivity contribution in [2.24, 2.45) is 4.99 Å². The fourth-order valence-corrected chi connectivity index (χ4v) is 1.90. The van der Waals surface area contributed by atoms with Gasteiger partial charge in [0.05, 0.1) is 11.4 Å². The highest BCUT2D eigenvalue weighted by atomic mass is 14.7. The molecule has 0 saturated heterocycles. The van der Waals surface area contributed by atoms with E-state index in [0.717, 1.165) is 27.3 Å². The second kappa shape index (κ2) is 10.6. The molecule has 25 heavy (non-hydrogen) atoms. The van der Waals surface area contributed by atoms with Crippen LogP contribution in [0.1, 0.15) is 12.5 Å². The molecule has 1 aromatic carbocycles. The third-order valence-corrected chi connectivity index (χ3v) is 3.19. The first-order valence-electron chi connectivity index (χ1n) is 7.98. The van der Waals surface area contributed by atoms with Gasteiger partial charge < -0.3 is 0 Å². The zero-order chi connectivity index (χ0) is 18.7. The lowest BCUT2D eigenvalue weighted by Gasteiger charge is -2.02. The van der Waals surface area contributed by atoms with Gasteiger partial charge in [-0.3, -0.25) is 0 Å². The average Bonchev–Trinajstić information content (AvgIpc) is 2.58. The van der Waals surface area contributed by atoms with Gasteiger partial charge in [-0.1, -0.05) is 87.5 Å². The van der Waals surface area contributed by atoms with Gasteiger partial charge in [0.25, 0.3) is 0 Å². The van der Waals surface area contributed by atoms with Crippen LogP contribution in [0.15, 0.2) is 109 Å². The minimum atomic E-state index is 0.664. The average molecular weight is 327 g/mol. The monoisotopic (exact) mass is 327 g/mol. The Bertz CT molecular complexity index is 894. The van der Waals surface area contributed by atoms with Gasteiger partial charge in [-0.2, -0.15) is 0 Å². The Morgan fingerprint density at radius 1 is 0.920 bits per heavy atom. The van der Waals surface area contributed by atoms with Crippen LogP contribution in [0.4, 0.5) is 0 Å². The minimum absolute atomic E-state index is 0.664. The molecule has 0 aliphatic carbocycles. The molecular weight excluding hydrogens is 302 g/mol. The van der Waals surface area contributed by atoms with Crippen LogP contribution in [0.3, 0.4) is 0 Å². The fraction of sp³-hybridized carbons (Fsp3) is 0.0417. The van der Waals surface area contributed by atoms with Crippen LogP contribution in [0.2, 0.25) is 0 Å². The third kappa shape index (κ3) is 7.76. The van der Waals surface area contributed by atoms with Gasteiger partial charge in [0, 0.05) is 5.56 Å². The first-order chi connectivity index (χ1) is 12.0. The SMILES string of the molecule is C=CC(=C)/C=C\C(=N/C(=C)/C=C\C)c1ccc(=C)ccccc(=C)c1. The van der Waals surface area contributed by atoms with Crippen molar-refractivity contribution in [3.63, 3.8) is 0 Å². The maximum atomic E-state index is 4.62. The quantitative estimate of drug-likeness (QED) is 0.525. The van der Waals surface area contributed by atoms with Crippen LogP contribution in [-0.4, -0.2) is 5.71 Å². The summed E-state index contributed by atoms with van der Waals surface area (Å²) in [6.07, 6.45) is 9.23. The Hall–Kier alpha value is -3.19. The van der Waals surface area contributed by atoms with Gasteiger partial charge in [0.15, 0.2) is 0 Å². The van der Waals surface area contributed by atoms with E-state index in [2.05, 4.69) is 37.9 Å². The van der Waals surface area contributed by atoms with E-state index in [4.69, 9.17) is 0 Å². The molecule has 1 aromatic rings. The van der Waals surface area contributed by atoms with E-state index in [-0.39, 0.29) is 0 Å². The summed E-state index contributed by atoms with van der Waals surface area (Å²) < 4.78 is 0. The maximum absolute atomic E-state index is 4.62. The number of nitrogens with zero attached hydrogens (tertiary/aromatic N) is 1. The van der Waals surface area contributed by atoms with Gasteiger partial charge >= 0.3 is 0 Å². The summed E-state index contributed by atoms with van der Waals surface area (Å²) in [7, 11) is 0. The number of allylic oxidation sites excluding steroid dienone is 6. The molecule has 0 unspecified atom stereocenters. The van der Waals surface area contributed by atoms with Crippen LogP contribution in [0.25, 0.3) is 13.2 Å². The van der Waals surface area contributed by atoms with Crippen LogP contribution in [0.5, 0.6) is 0 Å². The van der Waals surface area contributed by atoms with Gasteiger partial charge in [-0.25, -0.2) is 4.99 Å². The van der Waals surface area contributed by atoms with Crippen LogP contribution in [-0.2, 0) is 0 Å². The molecule has 1 nitrogen and oxygen atoms in total. The molecule has 0 atom stereocenters. The molecular formula is C24H25N. The van der Waals surface area contributed by atoms with E-state index in [0.29, 0.717) is 5.70 Å². The van der Waals surface area contributed by atoms with Crippen molar-refractivity contribution in [3.05, 3.63) is 120 Å². The smallest absolute Gasteiger partial charge is 0.0709 e. The predicted molar refractivity (Wildman–Crippen MR) is 113 cm³/mol. The molecule has 0 aliphatic rings. The van der Waals surface area contributed by atoms with E-state index in [1.54, 1.807) is 6.08 Å². The van der Waals surface area contributed by atoms with Gasteiger partial charge in [-0.05, 0) is 41.2 Å². The topological polar surface area (TPSA) is 12.4 Å². The number of aliphatic imine (C=N–C) groups is 1. The molecule has 0 spiro atoms. The van der Waals surface area contributed by atoms with Crippen molar-refractivity contribution in [1.29, 1.82) is 0 Å². The maximum Gasteiger partial charge on any atom is 0.0709 e. The summed E-state index contributed by atoms with van der Waals surface area (Å²) in [6, 6.07) is 13.6. The molecule has 126 valence electrons. The molecule has 0 amide bonds. The van der Waals surface area contributed by atoms with Crippen molar-refractivity contribution in [2.75, 3.05) is 0 Å². The molecule has 0 heterocycles. The van der Waals surface area contributed by atoms with E-state index >= 15 is 0 Å². The first-order valence-corrected chi connectivity index (χ1v) is 7.98.